The summed E-state index contributed by atoms with van der Waals surface area (Å²) in [5.41, 5.74) is 0.947. The van der Waals surface area contributed by atoms with Gasteiger partial charge < -0.3 is 5.32 Å². The highest BCUT2D eigenvalue weighted by Gasteiger charge is 2.12. The molecular formula is C15H21N3O2. The van der Waals surface area contributed by atoms with Gasteiger partial charge in [0, 0.05) is 18.7 Å². The summed E-state index contributed by atoms with van der Waals surface area (Å²) < 4.78 is 0. The summed E-state index contributed by atoms with van der Waals surface area (Å²) in [6.07, 6.45) is 4.62. The summed E-state index contributed by atoms with van der Waals surface area (Å²) in [5.74, 6) is 0.566. The van der Waals surface area contributed by atoms with E-state index in [4.69, 9.17) is 5.26 Å². The maximum Gasteiger partial charge on any atom is 0.270 e. The van der Waals surface area contributed by atoms with Crippen LogP contribution in [0.1, 0.15) is 45.1 Å². The van der Waals surface area contributed by atoms with Gasteiger partial charge in [-0.15, -0.1) is 0 Å². The number of hydrogen-bond donors (Lipinski definition) is 1. The molecule has 5 nitrogen and oxygen atoms in total. The van der Waals surface area contributed by atoms with Gasteiger partial charge in [-0.25, -0.2) is 0 Å². The maximum absolute atomic E-state index is 10.7. The molecular weight excluding hydrogens is 254 g/mol. The molecule has 20 heavy (non-hydrogen) atoms. The van der Waals surface area contributed by atoms with E-state index in [1.165, 1.54) is 25.0 Å². The minimum absolute atomic E-state index is 0.0508. The third kappa shape index (κ3) is 4.54. The minimum atomic E-state index is -0.485. The number of nitrogens with zero attached hydrogens (tertiary/aromatic N) is 2. The lowest BCUT2D eigenvalue weighted by Gasteiger charge is -2.16. The normalized spacial score (nSPS) is 11.7. The van der Waals surface area contributed by atoms with Gasteiger partial charge in [-0.1, -0.05) is 33.1 Å². The Bertz CT molecular complexity index is 494. The Morgan fingerprint density at radius 2 is 2.20 bits per heavy atom. The maximum atomic E-state index is 10.7. The van der Waals surface area contributed by atoms with Gasteiger partial charge in [0.1, 0.15) is 6.07 Å². The molecule has 0 aliphatic heterocycles. The van der Waals surface area contributed by atoms with Crippen molar-refractivity contribution in [2.45, 2.75) is 39.5 Å². The summed E-state index contributed by atoms with van der Waals surface area (Å²) in [7, 11) is 0. The first-order valence-corrected chi connectivity index (χ1v) is 7.04. The molecule has 0 saturated carbocycles. The summed E-state index contributed by atoms with van der Waals surface area (Å²) in [6.45, 7) is 5.12. The fourth-order valence-corrected chi connectivity index (χ4v) is 2.09. The SMILES string of the molecule is CCCCC(CC)CNc1ccc([N+](=O)[O-])cc1C#N. The lowest BCUT2D eigenvalue weighted by Crippen LogP contribution is -2.14. The molecule has 0 heterocycles. The zero-order valence-corrected chi connectivity index (χ0v) is 12.1. The average molecular weight is 275 g/mol. The number of anilines is 1. The van der Waals surface area contributed by atoms with Gasteiger partial charge in [0.2, 0.25) is 0 Å². The lowest BCUT2D eigenvalue weighted by atomic mass is 9.99. The van der Waals surface area contributed by atoms with Crippen LogP contribution in [0.15, 0.2) is 18.2 Å². The van der Waals surface area contributed by atoms with Crippen LogP contribution in [0.2, 0.25) is 0 Å². The summed E-state index contributed by atoms with van der Waals surface area (Å²) in [4.78, 5) is 10.2. The van der Waals surface area contributed by atoms with Gasteiger partial charge in [-0.05, 0) is 18.4 Å². The Hall–Kier alpha value is -2.09. The highest BCUT2D eigenvalue weighted by molar-refractivity contribution is 5.61. The van der Waals surface area contributed by atoms with E-state index in [-0.39, 0.29) is 5.69 Å². The van der Waals surface area contributed by atoms with Crippen molar-refractivity contribution < 1.29 is 4.92 Å². The second kappa shape index (κ2) is 8.16. The average Bonchev–Trinajstić information content (AvgIpc) is 2.47. The quantitative estimate of drug-likeness (QED) is 0.572. The van der Waals surface area contributed by atoms with Crippen molar-refractivity contribution in [1.29, 1.82) is 5.26 Å². The number of non-ortho nitro benzene ring substituents is 1. The van der Waals surface area contributed by atoms with E-state index in [1.807, 2.05) is 6.07 Å². The second-order valence-electron chi connectivity index (χ2n) is 4.90. The molecule has 0 amide bonds. The van der Waals surface area contributed by atoms with Crippen molar-refractivity contribution in [3.8, 4) is 6.07 Å². The number of nitriles is 1. The molecule has 1 unspecified atom stereocenters. The molecule has 0 aliphatic carbocycles. The van der Waals surface area contributed by atoms with Gasteiger partial charge in [-0.3, -0.25) is 10.1 Å². The summed E-state index contributed by atoms with van der Waals surface area (Å²) >= 11 is 0. The van der Waals surface area contributed by atoms with E-state index in [1.54, 1.807) is 6.07 Å². The van der Waals surface area contributed by atoms with Crippen LogP contribution < -0.4 is 5.32 Å². The number of nitrogens with one attached hydrogen (secondary N) is 1. The molecule has 1 N–H and O–H groups in total. The van der Waals surface area contributed by atoms with Crippen LogP contribution in [0.5, 0.6) is 0 Å². The fraction of sp³-hybridized carbons (Fsp3) is 0.533. The van der Waals surface area contributed by atoms with E-state index >= 15 is 0 Å². The number of benzene rings is 1. The number of nitro groups is 1. The first kappa shape index (κ1) is 16.0. The summed E-state index contributed by atoms with van der Waals surface area (Å²) in [6, 6.07) is 6.36. The van der Waals surface area contributed by atoms with Crippen molar-refractivity contribution in [3.05, 3.63) is 33.9 Å². The van der Waals surface area contributed by atoms with Gasteiger partial charge in [0.15, 0.2) is 0 Å². The molecule has 1 aromatic rings. The van der Waals surface area contributed by atoms with Crippen molar-refractivity contribution in [2.75, 3.05) is 11.9 Å². The van der Waals surface area contributed by atoms with Gasteiger partial charge in [-0.2, -0.15) is 5.26 Å². The monoisotopic (exact) mass is 275 g/mol. The topological polar surface area (TPSA) is 79.0 Å². The Labute approximate surface area is 119 Å². The molecule has 0 aromatic heterocycles. The predicted octanol–water partition coefficient (Wildman–Crippen LogP) is 4.09. The van der Waals surface area contributed by atoms with E-state index in [0.717, 1.165) is 19.4 Å². The number of rotatable bonds is 8. The van der Waals surface area contributed by atoms with Gasteiger partial charge in [0.05, 0.1) is 16.2 Å². The van der Waals surface area contributed by atoms with Crippen LogP contribution in [0.3, 0.4) is 0 Å². The van der Waals surface area contributed by atoms with E-state index < -0.39 is 4.92 Å². The molecule has 1 rings (SSSR count). The molecule has 1 aromatic carbocycles. The van der Waals surface area contributed by atoms with Gasteiger partial charge in [0.25, 0.3) is 5.69 Å². The molecule has 0 aliphatic rings. The largest absolute Gasteiger partial charge is 0.384 e. The van der Waals surface area contributed by atoms with E-state index in [9.17, 15) is 10.1 Å². The number of unbranched alkanes of at least 4 members (excludes halogenated alkanes) is 1. The van der Waals surface area contributed by atoms with Crippen molar-refractivity contribution >= 4 is 11.4 Å². The summed E-state index contributed by atoms with van der Waals surface area (Å²) in [5, 5.41) is 23.0. The highest BCUT2D eigenvalue weighted by atomic mass is 16.6. The van der Waals surface area contributed by atoms with Crippen molar-refractivity contribution in [1.82, 2.24) is 0 Å². The van der Waals surface area contributed by atoms with Crippen molar-refractivity contribution in [3.63, 3.8) is 0 Å². The van der Waals surface area contributed by atoms with E-state index in [0.29, 0.717) is 17.2 Å². The third-order valence-electron chi connectivity index (χ3n) is 3.46. The third-order valence-corrected chi connectivity index (χ3v) is 3.46. The molecule has 0 saturated heterocycles. The molecule has 1 atom stereocenters. The van der Waals surface area contributed by atoms with E-state index in [2.05, 4.69) is 19.2 Å². The van der Waals surface area contributed by atoms with Crippen LogP contribution >= 0.6 is 0 Å². The molecule has 0 fully saturated rings. The zero-order valence-electron chi connectivity index (χ0n) is 12.1. The standard InChI is InChI=1S/C15H21N3O2/c1-3-5-6-12(4-2)11-17-15-8-7-14(18(19)20)9-13(15)10-16/h7-9,12,17H,3-6,11H2,1-2H3. The molecule has 0 radical (unpaired) electrons. The van der Waals surface area contributed by atoms with Crippen LogP contribution in [-0.4, -0.2) is 11.5 Å². The number of nitro benzene ring substituents is 1. The smallest absolute Gasteiger partial charge is 0.270 e. The second-order valence-corrected chi connectivity index (χ2v) is 4.90. The molecule has 0 spiro atoms. The molecule has 108 valence electrons. The van der Waals surface area contributed by atoms with Crippen LogP contribution in [0, 0.1) is 27.4 Å². The Morgan fingerprint density at radius 1 is 1.45 bits per heavy atom. The lowest BCUT2D eigenvalue weighted by molar-refractivity contribution is -0.384. The van der Waals surface area contributed by atoms with Crippen LogP contribution in [0.4, 0.5) is 11.4 Å². The van der Waals surface area contributed by atoms with Crippen LogP contribution in [-0.2, 0) is 0 Å². The van der Waals surface area contributed by atoms with Crippen molar-refractivity contribution in [2.24, 2.45) is 5.92 Å². The Kier molecular flexibility index (Phi) is 6.51. The fourth-order valence-electron chi connectivity index (χ4n) is 2.09. The molecule has 5 heteroatoms. The first-order chi connectivity index (χ1) is 9.62. The predicted molar refractivity (Wildman–Crippen MR) is 79.6 cm³/mol. The number of hydrogen-bond acceptors (Lipinski definition) is 4. The van der Waals surface area contributed by atoms with Crippen LogP contribution in [0.25, 0.3) is 0 Å². The van der Waals surface area contributed by atoms with Gasteiger partial charge >= 0.3 is 0 Å². The zero-order chi connectivity index (χ0) is 15.0. The highest BCUT2D eigenvalue weighted by Crippen LogP contribution is 2.22. The first-order valence-electron chi connectivity index (χ1n) is 7.04. The molecule has 0 bridgehead atoms. The Balaban J connectivity index is 2.72. The Morgan fingerprint density at radius 3 is 2.75 bits per heavy atom. The minimum Gasteiger partial charge on any atom is -0.384 e.